The molecule has 4 rings (SSSR count). The number of halogens is 1. The first-order valence-corrected chi connectivity index (χ1v) is 8.41. The highest BCUT2D eigenvalue weighted by Crippen LogP contribution is 2.39. The molecule has 0 saturated carbocycles. The summed E-state index contributed by atoms with van der Waals surface area (Å²) in [4.78, 5) is 0. The van der Waals surface area contributed by atoms with Crippen LogP contribution in [-0.4, -0.2) is 0 Å². The van der Waals surface area contributed by atoms with Gasteiger partial charge >= 0.3 is 0 Å². The lowest BCUT2D eigenvalue weighted by Gasteiger charge is -2.18. The van der Waals surface area contributed by atoms with Crippen LogP contribution in [0.4, 0.5) is 15.8 Å². The molecule has 0 atom stereocenters. The van der Waals surface area contributed by atoms with Crippen LogP contribution in [0.25, 0.3) is 21.9 Å². The molecule has 3 heteroatoms. The van der Waals surface area contributed by atoms with Gasteiger partial charge in [0.2, 0.25) is 0 Å². The van der Waals surface area contributed by atoms with Gasteiger partial charge in [-0.1, -0.05) is 63.2 Å². The second-order valence-corrected chi connectivity index (χ2v) is 7.32. The van der Waals surface area contributed by atoms with Crippen molar-refractivity contribution in [3.8, 4) is 0 Å². The monoisotopic (exact) mass is 333 g/mol. The molecule has 0 aliphatic heterocycles. The smallest absolute Gasteiger partial charge is 0.158 e. The van der Waals surface area contributed by atoms with Gasteiger partial charge in [-0.05, 0) is 23.6 Å². The Labute approximate surface area is 146 Å². The Bertz CT molecular complexity index is 1070. The lowest BCUT2D eigenvalue weighted by molar-refractivity contribution is 0.573. The number of para-hydroxylation sites is 3. The Hall–Kier alpha value is -2.81. The van der Waals surface area contributed by atoms with E-state index in [1.807, 2.05) is 24.3 Å². The summed E-state index contributed by atoms with van der Waals surface area (Å²) in [6, 6.07) is 18.8. The summed E-state index contributed by atoms with van der Waals surface area (Å²) in [6.45, 7) is 6.52. The van der Waals surface area contributed by atoms with Crippen LogP contribution in [0.15, 0.2) is 65.1 Å². The van der Waals surface area contributed by atoms with Gasteiger partial charge in [-0.3, -0.25) is 0 Å². The molecule has 0 spiro atoms. The third kappa shape index (κ3) is 2.66. The standard InChI is InChI=1S/C22H20FNO/c1-22(2,3)16-10-6-8-14-15-9-7-13-19(21(15)25-20(14)16)24-18-12-5-4-11-17(18)23/h4-13,24H,1-3H3. The molecule has 126 valence electrons. The molecule has 0 amide bonds. The van der Waals surface area contributed by atoms with Crippen LogP contribution in [0.5, 0.6) is 0 Å². The predicted molar refractivity (Wildman–Crippen MR) is 102 cm³/mol. The van der Waals surface area contributed by atoms with Crippen molar-refractivity contribution in [3.63, 3.8) is 0 Å². The van der Waals surface area contributed by atoms with Gasteiger partial charge in [0.25, 0.3) is 0 Å². The highest BCUT2D eigenvalue weighted by atomic mass is 19.1. The quantitative estimate of drug-likeness (QED) is 0.438. The minimum atomic E-state index is -0.286. The summed E-state index contributed by atoms with van der Waals surface area (Å²) in [5.74, 6) is -0.286. The molecule has 0 saturated heterocycles. The molecule has 0 unspecified atom stereocenters. The normalized spacial score (nSPS) is 12.0. The minimum Gasteiger partial charge on any atom is -0.454 e. The maximum absolute atomic E-state index is 14.0. The SMILES string of the molecule is CC(C)(C)c1cccc2c1oc1c(Nc3ccccc3F)cccc12. The number of hydrogen-bond donors (Lipinski definition) is 1. The van der Waals surface area contributed by atoms with Crippen molar-refractivity contribution in [2.24, 2.45) is 0 Å². The lowest BCUT2D eigenvalue weighted by atomic mass is 9.86. The van der Waals surface area contributed by atoms with Crippen molar-refractivity contribution in [2.45, 2.75) is 26.2 Å². The van der Waals surface area contributed by atoms with E-state index in [1.54, 1.807) is 12.1 Å². The maximum atomic E-state index is 14.0. The summed E-state index contributed by atoms with van der Waals surface area (Å²) in [5, 5.41) is 5.28. The lowest BCUT2D eigenvalue weighted by Crippen LogP contribution is -2.10. The Morgan fingerprint density at radius 2 is 1.40 bits per heavy atom. The van der Waals surface area contributed by atoms with E-state index in [9.17, 15) is 4.39 Å². The fourth-order valence-electron chi connectivity index (χ4n) is 3.22. The molecule has 4 aromatic rings. The fraction of sp³-hybridized carbons (Fsp3) is 0.182. The number of hydrogen-bond acceptors (Lipinski definition) is 2. The summed E-state index contributed by atoms with van der Waals surface area (Å²) >= 11 is 0. The Morgan fingerprint density at radius 1 is 0.760 bits per heavy atom. The van der Waals surface area contributed by atoms with Crippen LogP contribution in [0, 0.1) is 5.82 Å². The van der Waals surface area contributed by atoms with Crippen molar-refractivity contribution >= 4 is 33.3 Å². The highest BCUT2D eigenvalue weighted by molar-refractivity contribution is 6.10. The van der Waals surface area contributed by atoms with Crippen LogP contribution in [0.1, 0.15) is 26.3 Å². The number of nitrogens with one attached hydrogen (secondary N) is 1. The van der Waals surface area contributed by atoms with E-state index in [0.717, 1.165) is 33.2 Å². The topological polar surface area (TPSA) is 25.2 Å². The molecule has 0 radical (unpaired) electrons. The van der Waals surface area contributed by atoms with Gasteiger partial charge in [0.15, 0.2) is 5.58 Å². The minimum absolute atomic E-state index is 0.0213. The zero-order valence-corrected chi connectivity index (χ0v) is 14.6. The van der Waals surface area contributed by atoms with Crippen LogP contribution in [0.2, 0.25) is 0 Å². The average Bonchev–Trinajstić information content (AvgIpc) is 2.96. The largest absolute Gasteiger partial charge is 0.454 e. The van der Waals surface area contributed by atoms with E-state index < -0.39 is 0 Å². The van der Waals surface area contributed by atoms with Gasteiger partial charge in [-0.15, -0.1) is 0 Å². The number of rotatable bonds is 2. The fourth-order valence-corrected chi connectivity index (χ4v) is 3.22. The van der Waals surface area contributed by atoms with E-state index in [2.05, 4.69) is 44.3 Å². The molecule has 2 nitrogen and oxygen atoms in total. The first kappa shape index (κ1) is 15.7. The van der Waals surface area contributed by atoms with Crippen molar-refractivity contribution in [1.29, 1.82) is 0 Å². The second kappa shape index (κ2) is 5.62. The molecule has 1 N–H and O–H groups in total. The number of benzene rings is 3. The zero-order valence-electron chi connectivity index (χ0n) is 14.6. The summed E-state index contributed by atoms with van der Waals surface area (Å²) in [5.41, 5.74) is 3.99. The van der Waals surface area contributed by atoms with E-state index in [4.69, 9.17) is 4.42 Å². The van der Waals surface area contributed by atoms with Gasteiger partial charge in [-0.25, -0.2) is 4.39 Å². The molecule has 1 heterocycles. The van der Waals surface area contributed by atoms with Crippen molar-refractivity contribution in [3.05, 3.63) is 72.0 Å². The summed E-state index contributed by atoms with van der Waals surface area (Å²) in [6.07, 6.45) is 0. The van der Waals surface area contributed by atoms with E-state index >= 15 is 0 Å². The van der Waals surface area contributed by atoms with Crippen LogP contribution < -0.4 is 5.32 Å². The van der Waals surface area contributed by atoms with Gasteiger partial charge < -0.3 is 9.73 Å². The number of anilines is 2. The van der Waals surface area contributed by atoms with Crippen molar-refractivity contribution < 1.29 is 8.81 Å². The third-order valence-electron chi connectivity index (χ3n) is 4.48. The van der Waals surface area contributed by atoms with E-state index in [1.165, 1.54) is 6.07 Å². The van der Waals surface area contributed by atoms with E-state index in [-0.39, 0.29) is 11.2 Å². The number of furan rings is 1. The molecular weight excluding hydrogens is 313 g/mol. The Morgan fingerprint density at radius 3 is 2.12 bits per heavy atom. The Kier molecular flexibility index (Phi) is 3.53. The van der Waals surface area contributed by atoms with Gasteiger partial charge in [-0.2, -0.15) is 0 Å². The second-order valence-electron chi connectivity index (χ2n) is 7.32. The van der Waals surface area contributed by atoms with Crippen LogP contribution >= 0.6 is 0 Å². The van der Waals surface area contributed by atoms with Crippen LogP contribution in [0.3, 0.4) is 0 Å². The summed E-state index contributed by atoms with van der Waals surface area (Å²) < 4.78 is 20.3. The van der Waals surface area contributed by atoms with Gasteiger partial charge in [0, 0.05) is 16.3 Å². The average molecular weight is 333 g/mol. The zero-order chi connectivity index (χ0) is 17.6. The molecule has 0 bridgehead atoms. The van der Waals surface area contributed by atoms with E-state index in [0.29, 0.717) is 5.69 Å². The summed E-state index contributed by atoms with van der Waals surface area (Å²) in [7, 11) is 0. The third-order valence-corrected chi connectivity index (χ3v) is 4.48. The predicted octanol–water partition coefficient (Wildman–Crippen LogP) is 6.77. The maximum Gasteiger partial charge on any atom is 0.158 e. The molecule has 0 aliphatic carbocycles. The molecule has 3 aromatic carbocycles. The first-order chi connectivity index (χ1) is 11.9. The molecule has 0 fully saturated rings. The first-order valence-electron chi connectivity index (χ1n) is 8.41. The molecule has 25 heavy (non-hydrogen) atoms. The number of fused-ring (bicyclic) bond motifs is 3. The van der Waals surface area contributed by atoms with Gasteiger partial charge in [0.1, 0.15) is 11.4 Å². The molecule has 1 aromatic heterocycles. The molecule has 0 aliphatic rings. The molecular formula is C22H20FNO. The van der Waals surface area contributed by atoms with Gasteiger partial charge in [0.05, 0.1) is 11.4 Å². The highest BCUT2D eigenvalue weighted by Gasteiger charge is 2.21. The van der Waals surface area contributed by atoms with Crippen molar-refractivity contribution in [2.75, 3.05) is 5.32 Å². The van der Waals surface area contributed by atoms with Crippen molar-refractivity contribution in [1.82, 2.24) is 0 Å². The van der Waals surface area contributed by atoms with Crippen LogP contribution in [-0.2, 0) is 5.41 Å². The Balaban J connectivity index is 1.94.